The maximum Gasteiger partial charge on any atom is 0.224 e. The maximum atomic E-state index is 11.8. The molecule has 0 saturated heterocycles. The van der Waals surface area contributed by atoms with E-state index in [9.17, 15) is 4.79 Å². The van der Waals surface area contributed by atoms with Crippen molar-refractivity contribution >= 4 is 33.5 Å². The molecule has 0 radical (unpaired) electrons. The highest BCUT2D eigenvalue weighted by Crippen LogP contribution is 2.34. The number of benzene rings is 1. The van der Waals surface area contributed by atoms with Crippen LogP contribution in [0.1, 0.15) is 13.3 Å². The first-order valence-corrected chi connectivity index (χ1v) is 10.9. The van der Waals surface area contributed by atoms with Crippen molar-refractivity contribution in [3.8, 4) is 33.8 Å². The lowest BCUT2D eigenvalue weighted by Crippen LogP contribution is -2.09. The molecule has 0 atom stereocenters. The molecule has 0 aliphatic carbocycles. The van der Waals surface area contributed by atoms with Crippen LogP contribution >= 0.6 is 0 Å². The van der Waals surface area contributed by atoms with Crippen LogP contribution in [0.25, 0.3) is 55.7 Å². The Balaban J connectivity index is 1.43. The van der Waals surface area contributed by atoms with Crippen molar-refractivity contribution in [2.45, 2.75) is 13.3 Å². The van der Waals surface area contributed by atoms with Gasteiger partial charge in [-0.25, -0.2) is 4.98 Å². The first kappa shape index (κ1) is 19.9. The van der Waals surface area contributed by atoms with E-state index < -0.39 is 0 Å². The lowest BCUT2D eigenvalue weighted by atomic mass is 10.0. The number of pyridine rings is 2. The van der Waals surface area contributed by atoms with Crippen LogP contribution in [0.3, 0.4) is 0 Å². The van der Waals surface area contributed by atoms with Gasteiger partial charge in [-0.1, -0.05) is 19.1 Å². The van der Waals surface area contributed by atoms with Gasteiger partial charge < -0.3 is 14.7 Å². The highest BCUT2D eigenvalue weighted by atomic mass is 16.3. The number of amides is 1. The zero-order valence-corrected chi connectivity index (χ0v) is 18.3. The molecule has 1 aromatic carbocycles. The van der Waals surface area contributed by atoms with E-state index in [4.69, 9.17) is 9.40 Å². The summed E-state index contributed by atoms with van der Waals surface area (Å²) in [6.45, 7) is 1.81. The zero-order chi connectivity index (χ0) is 23.1. The van der Waals surface area contributed by atoms with Gasteiger partial charge in [0.05, 0.1) is 41.3 Å². The summed E-state index contributed by atoms with van der Waals surface area (Å²) in [5, 5.41) is 11.5. The summed E-state index contributed by atoms with van der Waals surface area (Å²) in [5.74, 6) is -0.0620. The molecule has 5 aromatic heterocycles. The summed E-state index contributed by atoms with van der Waals surface area (Å²) in [6, 6.07) is 15.9. The normalized spacial score (nSPS) is 11.3. The third kappa shape index (κ3) is 3.41. The molecule has 0 bridgehead atoms. The monoisotopic (exact) mass is 448 g/mol. The third-order valence-electron chi connectivity index (χ3n) is 5.80. The Kier molecular flexibility index (Phi) is 4.69. The molecule has 0 spiro atoms. The van der Waals surface area contributed by atoms with Crippen molar-refractivity contribution in [3.63, 3.8) is 0 Å². The molecule has 0 unspecified atom stereocenters. The van der Waals surface area contributed by atoms with Gasteiger partial charge in [-0.3, -0.25) is 14.9 Å². The fourth-order valence-electron chi connectivity index (χ4n) is 4.10. The highest BCUT2D eigenvalue weighted by Gasteiger charge is 2.16. The Morgan fingerprint density at radius 1 is 1.06 bits per heavy atom. The second kappa shape index (κ2) is 8.00. The van der Waals surface area contributed by atoms with Crippen molar-refractivity contribution < 1.29 is 9.21 Å². The molecule has 6 rings (SSSR count). The second-order valence-electron chi connectivity index (χ2n) is 7.99. The Bertz CT molecular complexity index is 1650. The largest absolute Gasteiger partial charge is 0.472 e. The Hall–Kier alpha value is -4.72. The van der Waals surface area contributed by atoms with Gasteiger partial charge in [-0.15, -0.1) is 0 Å². The number of H-pyrrole nitrogens is 2. The third-order valence-corrected chi connectivity index (χ3v) is 5.80. The van der Waals surface area contributed by atoms with Gasteiger partial charge >= 0.3 is 0 Å². The number of hydrogen-bond donors (Lipinski definition) is 3. The van der Waals surface area contributed by atoms with Gasteiger partial charge in [0, 0.05) is 34.6 Å². The predicted molar refractivity (Wildman–Crippen MR) is 131 cm³/mol. The second-order valence-corrected chi connectivity index (χ2v) is 7.99. The van der Waals surface area contributed by atoms with Gasteiger partial charge in [0.1, 0.15) is 11.2 Å². The number of carbonyl (C=O) groups is 1. The summed E-state index contributed by atoms with van der Waals surface area (Å²) < 4.78 is 5.28. The number of aromatic amines is 2. The Morgan fingerprint density at radius 2 is 2.00 bits per heavy atom. The quantitative estimate of drug-likeness (QED) is 0.310. The highest BCUT2D eigenvalue weighted by molar-refractivity contribution is 6.00. The number of furan rings is 1. The number of rotatable bonds is 5. The summed E-state index contributed by atoms with van der Waals surface area (Å²) >= 11 is 0. The molecule has 166 valence electrons. The fraction of sp³-hybridized carbons (Fsp3) is 0.0769. The summed E-state index contributed by atoms with van der Waals surface area (Å²) in [5.41, 5.74) is 8.47. The van der Waals surface area contributed by atoms with E-state index in [1.807, 2.05) is 43.3 Å². The molecular formula is C26H20N6O2. The number of anilines is 1. The molecular weight excluding hydrogens is 428 g/mol. The van der Waals surface area contributed by atoms with E-state index in [-0.39, 0.29) is 5.91 Å². The number of aromatic nitrogens is 5. The van der Waals surface area contributed by atoms with Crippen molar-refractivity contribution in [1.82, 2.24) is 25.1 Å². The average molecular weight is 448 g/mol. The smallest absolute Gasteiger partial charge is 0.224 e. The maximum absolute atomic E-state index is 11.8. The van der Waals surface area contributed by atoms with Crippen LogP contribution in [0.15, 0.2) is 77.9 Å². The fourth-order valence-corrected chi connectivity index (χ4v) is 4.10. The van der Waals surface area contributed by atoms with Crippen molar-refractivity contribution in [1.29, 1.82) is 0 Å². The number of fused-ring (bicyclic) bond motifs is 2. The molecule has 3 N–H and O–H groups in total. The van der Waals surface area contributed by atoms with E-state index in [1.165, 1.54) is 0 Å². The minimum Gasteiger partial charge on any atom is -0.472 e. The van der Waals surface area contributed by atoms with Crippen LogP contribution in [-0.2, 0) is 4.79 Å². The molecule has 0 saturated carbocycles. The standard InChI is InChI=1S/C26H20N6O2/c1-2-24(33)28-17-10-16(12-27-13-17)20-6-7-22-25(30-20)26(32-31-22)23-11-19-18(15-8-9-34-14-15)4-3-5-21(19)29-23/h3-14,29H,2H2,1H3,(H,28,33)(H,31,32). The van der Waals surface area contributed by atoms with E-state index in [0.29, 0.717) is 12.1 Å². The number of nitrogens with zero attached hydrogens (tertiary/aromatic N) is 3. The summed E-state index contributed by atoms with van der Waals surface area (Å²) in [7, 11) is 0. The SMILES string of the molecule is CCC(=O)Nc1cncc(-c2ccc3[nH]nc(-c4cc5c(-c6ccoc6)cccc5[nH]4)c3n2)c1. The van der Waals surface area contributed by atoms with Crippen molar-refractivity contribution in [2.24, 2.45) is 0 Å². The number of nitrogens with one attached hydrogen (secondary N) is 3. The minimum atomic E-state index is -0.0620. The van der Waals surface area contributed by atoms with Crippen LogP contribution < -0.4 is 5.32 Å². The average Bonchev–Trinajstić information content (AvgIpc) is 3.62. The molecule has 0 fully saturated rings. The van der Waals surface area contributed by atoms with Crippen molar-refractivity contribution in [2.75, 3.05) is 5.32 Å². The van der Waals surface area contributed by atoms with Gasteiger partial charge in [-0.05, 0) is 42.0 Å². The number of carbonyl (C=O) groups excluding carboxylic acids is 1. The van der Waals surface area contributed by atoms with Crippen molar-refractivity contribution in [3.05, 3.63) is 73.5 Å². The Morgan fingerprint density at radius 3 is 2.85 bits per heavy atom. The van der Waals surface area contributed by atoms with Crippen LogP contribution in [-0.4, -0.2) is 31.1 Å². The Labute approximate surface area is 194 Å². The topological polar surface area (TPSA) is 112 Å². The lowest BCUT2D eigenvalue weighted by molar-refractivity contribution is -0.115. The molecule has 5 heterocycles. The first-order chi connectivity index (χ1) is 16.7. The first-order valence-electron chi connectivity index (χ1n) is 10.9. The molecule has 1 amide bonds. The minimum absolute atomic E-state index is 0.0620. The van der Waals surface area contributed by atoms with Crippen LogP contribution in [0.5, 0.6) is 0 Å². The van der Waals surface area contributed by atoms with E-state index in [1.54, 1.807) is 24.9 Å². The van der Waals surface area contributed by atoms with Crippen LogP contribution in [0, 0.1) is 0 Å². The van der Waals surface area contributed by atoms with Gasteiger partial charge in [0.15, 0.2) is 0 Å². The van der Waals surface area contributed by atoms with Gasteiger partial charge in [0.2, 0.25) is 5.91 Å². The number of hydrogen-bond acceptors (Lipinski definition) is 5. The molecule has 8 heteroatoms. The van der Waals surface area contributed by atoms with E-state index >= 15 is 0 Å². The molecule has 6 aromatic rings. The lowest BCUT2D eigenvalue weighted by Gasteiger charge is -2.06. The van der Waals surface area contributed by atoms with Gasteiger partial charge in [-0.2, -0.15) is 5.10 Å². The molecule has 0 aliphatic heterocycles. The zero-order valence-electron chi connectivity index (χ0n) is 18.3. The molecule has 8 nitrogen and oxygen atoms in total. The molecule has 0 aliphatic rings. The van der Waals surface area contributed by atoms with E-state index in [0.717, 1.165) is 55.7 Å². The van der Waals surface area contributed by atoms with Gasteiger partial charge in [0.25, 0.3) is 0 Å². The predicted octanol–water partition coefficient (Wildman–Crippen LogP) is 5.78. The van der Waals surface area contributed by atoms with Crippen LogP contribution in [0.4, 0.5) is 5.69 Å². The van der Waals surface area contributed by atoms with Crippen LogP contribution in [0.2, 0.25) is 0 Å². The summed E-state index contributed by atoms with van der Waals surface area (Å²) in [6.07, 6.45) is 7.17. The summed E-state index contributed by atoms with van der Waals surface area (Å²) in [4.78, 5) is 24.4. The van der Waals surface area contributed by atoms with E-state index in [2.05, 4.69) is 37.6 Å². The molecule has 34 heavy (non-hydrogen) atoms.